The van der Waals surface area contributed by atoms with Gasteiger partial charge in [-0.25, -0.2) is 4.98 Å². The lowest BCUT2D eigenvalue weighted by atomic mass is 9.88. The average molecular weight is 385 g/mol. The summed E-state index contributed by atoms with van der Waals surface area (Å²) in [4.78, 5) is 17.7. The topological polar surface area (TPSA) is 74.6 Å². The van der Waals surface area contributed by atoms with E-state index in [1.807, 2.05) is 35.0 Å². The summed E-state index contributed by atoms with van der Waals surface area (Å²) < 4.78 is 19.3. The number of carbonyl (C=O) groups is 1. The number of benzene rings is 1. The Morgan fingerprint density at radius 1 is 1.43 bits per heavy atom. The molecule has 2 aliphatic heterocycles. The molecule has 0 radical (unpaired) electrons. The minimum Gasteiger partial charge on any atom is -0.491 e. The van der Waals surface area contributed by atoms with Crippen molar-refractivity contribution < 1.29 is 19.0 Å². The number of nitrogens with one attached hydrogen (secondary N) is 1. The molecule has 0 bridgehead atoms. The third-order valence-corrected chi connectivity index (χ3v) is 5.59. The van der Waals surface area contributed by atoms with E-state index in [0.29, 0.717) is 32.7 Å². The summed E-state index contributed by atoms with van der Waals surface area (Å²) >= 11 is 0. The highest BCUT2D eigenvalue weighted by Crippen LogP contribution is 2.35. The average Bonchev–Trinajstić information content (AvgIpc) is 3.36. The predicted octanol–water partition coefficient (Wildman–Crippen LogP) is 2.12. The quantitative estimate of drug-likeness (QED) is 0.824. The first-order valence-electron chi connectivity index (χ1n) is 9.80. The van der Waals surface area contributed by atoms with Gasteiger partial charge in [0, 0.05) is 39.1 Å². The fraction of sp³-hybridized carbons (Fsp3) is 0.524. The van der Waals surface area contributed by atoms with E-state index in [0.717, 1.165) is 23.7 Å². The second kappa shape index (κ2) is 7.93. The molecule has 7 heteroatoms. The Labute approximate surface area is 165 Å². The Balaban J connectivity index is 1.54. The van der Waals surface area contributed by atoms with Crippen LogP contribution in [0.1, 0.15) is 30.8 Å². The minimum absolute atomic E-state index is 0.0341. The van der Waals surface area contributed by atoms with Gasteiger partial charge in [0.05, 0.1) is 12.5 Å². The number of rotatable bonds is 6. The maximum Gasteiger partial charge on any atom is 0.226 e. The highest BCUT2D eigenvalue weighted by atomic mass is 16.5. The number of carbonyl (C=O) groups excluding carboxylic acids is 1. The molecule has 1 unspecified atom stereocenters. The summed E-state index contributed by atoms with van der Waals surface area (Å²) in [5.41, 5.74) is 0.486. The SMILES string of the molecule is CCn1ccnc1[C@@H]1OCC[C@H]1C(=O)NC1(COC)COc2ccccc2C1. The molecule has 1 saturated heterocycles. The van der Waals surface area contributed by atoms with Gasteiger partial charge in [-0.2, -0.15) is 0 Å². The van der Waals surface area contributed by atoms with Gasteiger partial charge in [-0.05, 0) is 25.0 Å². The maximum atomic E-state index is 13.3. The van der Waals surface area contributed by atoms with E-state index >= 15 is 0 Å². The van der Waals surface area contributed by atoms with Crippen LogP contribution in [-0.4, -0.2) is 47.9 Å². The molecule has 2 aliphatic rings. The zero-order valence-corrected chi connectivity index (χ0v) is 16.4. The molecular weight excluding hydrogens is 358 g/mol. The van der Waals surface area contributed by atoms with Crippen molar-refractivity contribution in [3.8, 4) is 5.75 Å². The number of hydrogen-bond donors (Lipinski definition) is 1. The second-order valence-electron chi connectivity index (χ2n) is 7.53. The number of amides is 1. The molecule has 2 aromatic rings. The largest absolute Gasteiger partial charge is 0.491 e. The van der Waals surface area contributed by atoms with Crippen LogP contribution in [0.5, 0.6) is 5.75 Å². The number of aryl methyl sites for hydroxylation is 1. The normalized spacial score (nSPS) is 26.5. The molecule has 1 N–H and O–H groups in total. The van der Waals surface area contributed by atoms with Crippen molar-refractivity contribution in [2.24, 2.45) is 5.92 Å². The Kier molecular flexibility index (Phi) is 5.37. The van der Waals surface area contributed by atoms with Crippen molar-refractivity contribution in [1.29, 1.82) is 0 Å². The Hall–Kier alpha value is -2.38. The van der Waals surface area contributed by atoms with Gasteiger partial charge in [0.15, 0.2) is 0 Å². The summed E-state index contributed by atoms with van der Waals surface area (Å²) in [6.45, 7) is 4.16. The first kappa shape index (κ1) is 19.0. The van der Waals surface area contributed by atoms with Gasteiger partial charge in [0.25, 0.3) is 0 Å². The Bertz CT molecular complexity index is 837. The Morgan fingerprint density at radius 3 is 3.11 bits per heavy atom. The third-order valence-electron chi connectivity index (χ3n) is 5.59. The summed E-state index contributed by atoms with van der Waals surface area (Å²) in [5.74, 6) is 1.37. The fourth-order valence-electron chi connectivity index (χ4n) is 4.22. The predicted molar refractivity (Wildman–Crippen MR) is 103 cm³/mol. The molecule has 0 aliphatic carbocycles. The van der Waals surface area contributed by atoms with Crippen LogP contribution in [0.2, 0.25) is 0 Å². The molecule has 3 heterocycles. The van der Waals surface area contributed by atoms with Crippen LogP contribution in [0.3, 0.4) is 0 Å². The van der Waals surface area contributed by atoms with E-state index in [-0.39, 0.29) is 17.9 Å². The number of hydrogen-bond acceptors (Lipinski definition) is 5. The molecule has 1 amide bonds. The summed E-state index contributed by atoms with van der Waals surface area (Å²) in [5, 5.41) is 3.24. The van der Waals surface area contributed by atoms with E-state index in [1.165, 1.54) is 0 Å². The van der Waals surface area contributed by atoms with Gasteiger partial charge in [0.1, 0.15) is 29.8 Å². The highest BCUT2D eigenvalue weighted by Gasteiger charge is 2.43. The lowest BCUT2D eigenvalue weighted by Crippen LogP contribution is -2.60. The number of fused-ring (bicyclic) bond motifs is 1. The van der Waals surface area contributed by atoms with Crippen LogP contribution in [-0.2, 0) is 27.2 Å². The van der Waals surface area contributed by atoms with Crippen LogP contribution < -0.4 is 10.1 Å². The first-order chi connectivity index (χ1) is 13.7. The van der Waals surface area contributed by atoms with Crippen LogP contribution in [0, 0.1) is 5.92 Å². The molecule has 28 heavy (non-hydrogen) atoms. The molecule has 1 fully saturated rings. The summed E-state index contributed by atoms with van der Waals surface area (Å²) in [7, 11) is 1.65. The number of nitrogens with zero attached hydrogens (tertiary/aromatic N) is 2. The number of aromatic nitrogens is 2. The van der Waals surface area contributed by atoms with Gasteiger partial charge in [0.2, 0.25) is 5.91 Å². The summed E-state index contributed by atoms with van der Waals surface area (Å²) in [6, 6.07) is 7.93. The molecule has 0 saturated carbocycles. The molecule has 3 atom stereocenters. The zero-order chi connectivity index (χ0) is 19.6. The van der Waals surface area contributed by atoms with Gasteiger partial charge in [-0.1, -0.05) is 18.2 Å². The smallest absolute Gasteiger partial charge is 0.226 e. The summed E-state index contributed by atoms with van der Waals surface area (Å²) in [6.07, 6.45) is 4.70. The van der Waals surface area contributed by atoms with E-state index in [4.69, 9.17) is 14.2 Å². The van der Waals surface area contributed by atoms with Crippen molar-refractivity contribution in [2.75, 3.05) is 26.9 Å². The highest BCUT2D eigenvalue weighted by molar-refractivity contribution is 5.80. The van der Waals surface area contributed by atoms with Crippen LogP contribution >= 0.6 is 0 Å². The van der Waals surface area contributed by atoms with Crippen molar-refractivity contribution in [2.45, 2.75) is 38.0 Å². The maximum absolute atomic E-state index is 13.3. The Morgan fingerprint density at radius 2 is 2.29 bits per heavy atom. The third kappa shape index (κ3) is 3.52. The molecule has 4 rings (SSSR count). The number of methoxy groups -OCH3 is 1. The van der Waals surface area contributed by atoms with E-state index in [1.54, 1.807) is 13.3 Å². The number of para-hydroxylation sites is 1. The lowest BCUT2D eigenvalue weighted by Gasteiger charge is -2.39. The van der Waals surface area contributed by atoms with E-state index < -0.39 is 5.54 Å². The molecule has 150 valence electrons. The van der Waals surface area contributed by atoms with Crippen LogP contribution in [0.25, 0.3) is 0 Å². The van der Waals surface area contributed by atoms with Gasteiger partial charge in [-0.3, -0.25) is 4.79 Å². The van der Waals surface area contributed by atoms with Crippen molar-refractivity contribution in [1.82, 2.24) is 14.9 Å². The second-order valence-corrected chi connectivity index (χ2v) is 7.53. The monoisotopic (exact) mass is 385 g/mol. The number of ether oxygens (including phenoxy) is 3. The molecule has 0 spiro atoms. The van der Waals surface area contributed by atoms with Crippen molar-refractivity contribution >= 4 is 5.91 Å². The molecule has 1 aromatic heterocycles. The molecule has 7 nitrogen and oxygen atoms in total. The number of imidazole rings is 1. The lowest BCUT2D eigenvalue weighted by molar-refractivity contribution is -0.130. The van der Waals surface area contributed by atoms with Crippen LogP contribution in [0.15, 0.2) is 36.7 Å². The molecule has 1 aromatic carbocycles. The van der Waals surface area contributed by atoms with Crippen molar-refractivity contribution in [3.05, 3.63) is 48.0 Å². The van der Waals surface area contributed by atoms with Crippen molar-refractivity contribution in [3.63, 3.8) is 0 Å². The first-order valence-corrected chi connectivity index (χ1v) is 9.80. The van der Waals surface area contributed by atoms with E-state index in [2.05, 4.69) is 17.2 Å². The minimum atomic E-state index is -0.590. The van der Waals surface area contributed by atoms with Gasteiger partial charge in [-0.15, -0.1) is 0 Å². The van der Waals surface area contributed by atoms with Crippen LogP contribution in [0.4, 0.5) is 0 Å². The van der Waals surface area contributed by atoms with Gasteiger partial charge < -0.3 is 24.1 Å². The molecular formula is C21H27N3O4. The zero-order valence-electron chi connectivity index (χ0n) is 16.4. The van der Waals surface area contributed by atoms with Gasteiger partial charge >= 0.3 is 0 Å². The standard InChI is InChI=1S/C21H27N3O4/c1-3-24-10-9-22-19(24)18-16(8-11-27-18)20(25)23-21(13-26-2)12-15-6-4-5-7-17(15)28-14-21/h4-7,9-10,16,18H,3,8,11-14H2,1-2H3,(H,23,25)/t16-,18-,21?/m1/s1. The van der Waals surface area contributed by atoms with E-state index in [9.17, 15) is 4.79 Å². The fourth-order valence-corrected chi connectivity index (χ4v) is 4.22.